The number of hydrogen-bond donors (Lipinski definition) is 0. The quantitative estimate of drug-likeness (QED) is 0.616. The molecule has 0 spiro atoms. The molecular weight excluding hydrogens is 260 g/mol. The van der Waals surface area contributed by atoms with Gasteiger partial charge in [0.25, 0.3) is 0 Å². The Bertz CT molecular complexity index is 670. The van der Waals surface area contributed by atoms with Crippen molar-refractivity contribution in [2.24, 2.45) is 0 Å². The first-order valence-corrected chi connectivity index (χ1v) is 7.97. The van der Waals surface area contributed by atoms with Crippen LogP contribution in [-0.2, 0) is 11.8 Å². The number of hydrogen-bond acceptors (Lipinski definition) is 1. The molecule has 1 aliphatic carbocycles. The van der Waals surface area contributed by atoms with Crippen LogP contribution in [0.3, 0.4) is 0 Å². The SMILES string of the molecule is c1ccc(C2(c3ccccc3)CCc3sccc32)cc1. The maximum absolute atomic E-state index is 2.33. The van der Waals surface area contributed by atoms with Crippen molar-refractivity contribution in [1.29, 1.82) is 0 Å². The van der Waals surface area contributed by atoms with Crippen LogP contribution in [0.1, 0.15) is 28.0 Å². The molecule has 1 heterocycles. The summed E-state index contributed by atoms with van der Waals surface area (Å²) >= 11 is 1.90. The fourth-order valence-corrected chi connectivity index (χ4v) is 4.52. The van der Waals surface area contributed by atoms with E-state index in [1.54, 1.807) is 4.88 Å². The van der Waals surface area contributed by atoms with Gasteiger partial charge in [0, 0.05) is 10.3 Å². The zero-order chi connectivity index (χ0) is 13.4. The lowest BCUT2D eigenvalue weighted by Crippen LogP contribution is -2.25. The van der Waals surface area contributed by atoms with Crippen molar-refractivity contribution in [1.82, 2.24) is 0 Å². The van der Waals surface area contributed by atoms with Gasteiger partial charge in [0.1, 0.15) is 0 Å². The molecule has 0 aliphatic heterocycles. The predicted molar refractivity (Wildman–Crippen MR) is 85.4 cm³/mol. The molecule has 4 rings (SSSR count). The third-order valence-electron chi connectivity index (χ3n) is 4.47. The van der Waals surface area contributed by atoms with Gasteiger partial charge in [-0.2, -0.15) is 0 Å². The highest BCUT2D eigenvalue weighted by Crippen LogP contribution is 2.50. The second-order valence-corrected chi connectivity index (χ2v) is 6.40. The van der Waals surface area contributed by atoms with E-state index in [2.05, 4.69) is 72.1 Å². The number of benzene rings is 2. The van der Waals surface area contributed by atoms with Crippen LogP contribution in [0, 0.1) is 0 Å². The first-order valence-electron chi connectivity index (χ1n) is 7.09. The van der Waals surface area contributed by atoms with Crippen molar-refractivity contribution in [3.63, 3.8) is 0 Å². The van der Waals surface area contributed by atoms with E-state index < -0.39 is 0 Å². The Morgan fingerprint density at radius 2 is 1.35 bits per heavy atom. The van der Waals surface area contributed by atoms with Gasteiger partial charge in [0.2, 0.25) is 0 Å². The minimum Gasteiger partial charge on any atom is -0.149 e. The smallest absolute Gasteiger partial charge is 0.0465 e. The van der Waals surface area contributed by atoms with Gasteiger partial charge in [-0.25, -0.2) is 0 Å². The summed E-state index contributed by atoms with van der Waals surface area (Å²) in [7, 11) is 0. The minimum absolute atomic E-state index is 0.0534. The Hall–Kier alpha value is -1.86. The molecule has 0 fully saturated rings. The van der Waals surface area contributed by atoms with Gasteiger partial charge in [-0.1, -0.05) is 60.7 Å². The van der Waals surface area contributed by atoms with Crippen LogP contribution in [0.25, 0.3) is 0 Å². The second kappa shape index (κ2) is 4.60. The van der Waals surface area contributed by atoms with Crippen molar-refractivity contribution in [2.45, 2.75) is 18.3 Å². The van der Waals surface area contributed by atoms with Crippen LogP contribution in [0.15, 0.2) is 72.1 Å². The summed E-state index contributed by atoms with van der Waals surface area (Å²) in [6.45, 7) is 0. The molecule has 3 aromatic rings. The van der Waals surface area contributed by atoms with Crippen molar-refractivity contribution in [2.75, 3.05) is 0 Å². The van der Waals surface area contributed by atoms with E-state index in [4.69, 9.17) is 0 Å². The fraction of sp³-hybridized carbons (Fsp3) is 0.158. The Labute approximate surface area is 123 Å². The van der Waals surface area contributed by atoms with Gasteiger partial charge in [0.15, 0.2) is 0 Å². The maximum Gasteiger partial charge on any atom is 0.0465 e. The Morgan fingerprint density at radius 1 is 0.750 bits per heavy atom. The van der Waals surface area contributed by atoms with Crippen molar-refractivity contribution in [3.05, 3.63) is 93.7 Å². The summed E-state index contributed by atoms with van der Waals surface area (Å²) in [6, 6.07) is 24.3. The highest BCUT2D eigenvalue weighted by molar-refractivity contribution is 7.10. The highest BCUT2D eigenvalue weighted by atomic mass is 32.1. The molecule has 1 heteroatoms. The zero-order valence-corrected chi connectivity index (χ0v) is 12.1. The highest BCUT2D eigenvalue weighted by Gasteiger charge is 2.42. The maximum atomic E-state index is 2.33. The summed E-state index contributed by atoms with van der Waals surface area (Å²) in [6.07, 6.45) is 2.37. The van der Waals surface area contributed by atoms with Crippen molar-refractivity contribution < 1.29 is 0 Å². The first kappa shape index (κ1) is 11.9. The fourth-order valence-electron chi connectivity index (χ4n) is 3.56. The van der Waals surface area contributed by atoms with Crippen LogP contribution >= 0.6 is 11.3 Å². The molecule has 0 unspecified atom stereocenters. The van der Waals surface area contributed by atoms with Crippen LogP contribution in [-0.4, -0.2) is 0 Å². The number of rotatable bonds is 2. The van der Waals surface area contributed by atoms with Gasteiger partial charge in [-0.05, 0) is 41.0 Å². The van der Waals surface area contributed by atoms with E-state index in [1.165, 1.54) is 29.5 Å². The normalized spacial score (nSPS) is 16.0. The molecule has 20 heavy (non-hydrogen) atoms. The Morgan fingerprint density at radius 3 is 1.95 bits per heavy atom. The molecule has 2 aromatic carbocycles. The molecule has 0 amide bonds. The van der Waals surface area contributed by atoms with Crippen molar-refractivity contribution in [3.8, 4) is 0 Å². The molecule has 0 atom stereocenters. The number of thiophene rings is 1. The monoisotopic (exact) mass is 276 g/mol. The first-order chi connectivity index (χ1) is 9.91. The lowest BCUT2D eigenvalue weighted by Gasteiger charge is -2.31. The second-order valence-electron chi connectivity index (χ2n) is 5.39. The average molecular weight is 276 g/mol. The molecule has 1 aliphatic rings. The van der Waals surface area contributed by atoms with Crippen LogP contribution < -0.4 is 0 Å². The molecule has 0 radical (unpaired) electrons. The molecule has 98 valence electrons. The van der Waals surface area contributed by atoms with Gasteiger partial charge in [-0.3, -0.25) is 0 Å². The molecule has 1 aromatic heterocycles. The predicted octanol–water partition coefficient (Wildman–Crippen LogP) is 5.03. The standard InChI is InChI=1S/C19H16S/c1-3-7-15(8-4-1)19(16-9-5-2-6-10-16)13-11-18-17(19)12-14-20-18/h1-10,12,14H,11,13H2. The Kier molecular flexibility index (Phi) is 2.75. The summed E-state index contributed by atoms with van der Waals surface area (Å²) in [4.78, 5) is 1.55. The topological polar surface area (TPSA) is 0 Å². The van der Waals surface area contributed by atoms with Crippen LogP contribution in [0.4, 0.5) is 0 Å². The van der Waals surface area contributed by atoms with E-state index in [1.807, 2.05) is 11.3 Å². The van der Waals surface area contributed by atoms with Gasteiger partial charge in [0.05, 0.1) is 0 Å². The van der Waals surface area contributed by atoms with E-state index in [0.29, 0.717) is 0 Å². The average Bonchev–Trinajstić information content (AvgIpc) is 3.11. The number of fused-ring (bicyclic) bond motifs is 1. The largest absolute Gasteiger partial charge is 0.149 e. The zero-order valence-electron chi connectivity index (χ0n) is 11.3. The van der Waals surface area contributed by atoms with Crippen LogP contribution in [0.2, 0.25) is 0 Å². The summed E-state index contributed by atoms with van der Waals surface area (Å²) in [5.41, 5.74) is 4.41. The third kappa shape index (κ3) is 1.60. The van der Waals surface area contributed by atoms with Gasteiger partial charge >= 0.3 is 0 Å². The molecular formula is C19H16S. The third-order valence-corrected chi connectivity index (χ3v) is 5.45. The van der Waals surface area contributed by atoms with E-state index in [9.17, 15) is 0 Å². The molecule has 0 saturated heterocycles. The summed E-state index contributed by atoms with van der Waals surface area (Å²) < 4.78 is 0. The summed E-state index contributed by atoms with van der Waals surface area (Å²) in [5, 5.41) is 2.24. The Balaban J connectivity index is 2.01. The molecule has 0 N–H and O–H groups in total. The van der Waals surface area contributed by atoms with E-state index in [-0.39, 0.29) is 5.41 Å². The minimum atomic E-state index is 0.0534. The number of aryl methyl sites for hydroxylation is 1. The van der Waals surface area contributed by atoms with E-state index in [0.717, 1.165) is 0 Å². The van der Waals surface area contributed by atoms with Crippen LogP contribution in [0.5, 0.6) is 0 Å². The molecule has 0 nitrogen and oxygen atoms in total. The van der Waals surface area contributed by atoms with Gasteiger partial charge in [-0.15, -0.1) is 11.3 Å². The van der Waals surface area contributed by atoms with Crippen molar-refractivity contribution >= 4 is 11.3 Å². The van der Waals surface area contributed by atoms with Gasteiger partial charge < -0.3 is 0 Å². The lowest BCUT2D eigenvalue weighted by atomic mass is 9.71. The molecule has 0 saturated carbocycles. The summed E-state index contributed by atoms with van der Waals surface area (Å²) in [5.74, 6) is 0. The molecule has 0 bridgehead atoms. The lowest BCUT2D eigenvalue weighted by molar-refractivity contribution is 0.610. The van der Waals surface area contributed by atoms with E-state index >= 15 is 0 Å².